The maximum atomic E-state index is 15.6. The van der Waals surface area contributed by atoms with Gasteiger partial charge in [0.15, 0.2) is 37.6 Å². The van der Waals surface area contributed by atoms with Crippen LogP contribution in [0.1, 0.15) is 92.9 Å². The van der Waals surface area contributed by atoms with Gasteiger partial charge >= 0.3 is 5.97 Å². The van der Waals surface area contributed by atoms with Crippen LogP contribution in [0.2, 0.25) is 0 Å². The zero-order valence-electron chi connectivity index (χ0n) is 54.5. The Morgan fingerprint density at radius 2 is 1.11 bits per heavy atom. The van der Waals surface area contributed by atoms with Crippen molar-refractivity contribution in [3.05, 3.63) is 11.6 Å². The molecule has 36 atom stereocenters. The van der Waals surface area contributed by atoms with Crippen molar-refractivity contribution >= 4 is 5.97 Å². The molecular formula is C63H102O33. The maximum Gasteiger partial charge on any atom is 0.317 e. The fraction of sp³-hybridized carbons (Fsp3) is 0.952. The van der Waals surface area contributed by atoms with Gasteiger partial charge < -0.3 is 159 Å². The van der Waals surface area contributed by atoms with E-state index >= 15 is 4.79 Å². The Labute approximate surface area is 553 Å². The number of fused-ring (bicyclic) bond motifs is 7. The van der Waals surface area contributed by atoms with E-state index in [1.165, 1.54) is 6.92 Å². The summed E-state index contributed by atoms with van der Waals surface area (Å²) in [6.45, 7) is 6.04. The molecule has 0 unspecified atom stereocenters. The van der Waals surface area contributed by atoms with Gasteiger partial charge in [-0.1, -0.05) is 46.3 Å². The lowest BCUT2D eigenvalue weighted by molar-refractivity contribution is -0.377. The van der Waals surface area contributed by atoms with Gasteiger partial charge in [-0.2, -0.15) is 0 Å². The van der Waals surface area contributed by atoms with Crippen molar-refractivity contribution in [3.63, 3.8) is 0 Å². The molecule has 33 heteroatoms. The van der Waals surface area contributed by atoms with Crippen LogP contribution in [0.4, 0.5) is 0 Å². The van der Waals surface area contributed by atoms with Crippen molar-refractivity contribution < 1.29 is 164 Å². The summed E-state index contributed by atoms with van der Waals surface area (Å²) in [4.78, 5) is 15.6. The zero-order chi connectivity index (χ0) is 70.1. The molecule has 10 fully saturated rings. The summed E-state index contributed by atoms with van der Waals surface area (Å²) < 4.78 is 70.3. The highest BCUT2D eigenvalue weighted by molar-refractivity contribution is 5.80. The molecule has 0 radical (unpaired) electrons. The second-order valence-electron chi connectivity index (χ2n) is 30.7. The second kappa shape index (κ2) is 27.9. The van der Waals surface area contributed by atoms with Crippen LogP contribution < -0.4 is 0 Å². The standard InChI is InChI=1S/C63H102O33/c1-24-44(91-50-42(80)45(29(71)19-85-50)92-55-48(82)62(84,22-68)23-87-55)39(77)41(79)51(88-24)94-47-35(73)28(70)18-86-54(47)96-56(83)63-12-11-57(2,3)13-26(63)25-7-8-32-58(4)14-27(69)49(61(20-66,21-67)33(58)9-10-59(32,5)60(25,6)15-34(63)72)95-53-43(81)46(37(75)31(17-65)90-53)93-52-40(78)38(76)36(74)30(16-64)89-52/h7,24,26-55,64-82,84H,8-23H2,1-6H3/t24-,26-,27-,28-,29-,30-,31-,32-,33+,34+,35+,36-,37-,38+,39-,40-,41-,42-,43-,44-,45+,46+,47-,48+,49+,50+,51+,52+,53+,54+,55+,58-,59+,60-,62-,63-/m0/s1. The number of aliphatic hydroxyl groups is 20. The molecule has 6 saturated heterocycles. The van der Waals surface area contributed by atoms with Crippen molar-refractivity contribution in [1.82, 2.24) is 0 Å². The predicted molar refractivity (Wildman–Crippen MR) is 314 cm³/mol. The van der Waals surface area contributed by atoms with Gasteiger partial charge in [0.05, 0.1) is 77.3 Å². The molecule has 96 heavy (non-hydrogen) atoms. The summed E-state index contributed by atoms with van der Waals surface area (Å²) in [7, 11) is 0. The van der Waals surface area contributed by atoms with Crippen LogP contribution in [-0.4, -0.2) is 339 Å². The van der Waals surface area contributed by atoms with Gasteiger partial charge in [0.1, 0.15) is 115 Å². The molecule has 0 amide bonds. The third kappa shape index (κ3) is 12.3. The van der Waals surface area contributed by atoms with E-state index in [0.29, 0.717) is 32.1 Å². The van der Waals surface area contributed by atoms with Crippen LogP contribution in [-0.2, 0) is 61.6 Å². The van der Waals surface area contributed by atoms with Gasteiger partial charge in [-0.15, -0.1) is 0 Å². The Balaban J connectivity index is 0.804. The van der Waals surface area contributed by atoms with Crippen LogP contribution in [0, 0.1) is 50.2 Å². The summed E-state index contributed by atoms with van der Waals surface area (Å²) in [5, 5.41) is 222. The lowest BCUT2D eigenvalue weighted by Crippen LogP contribution is -2.72. The first kappa shape index (κ1) is 75.1. The Morgan fingerprint density at radius 1 is 0.531 bits per heavy atom. The Bertz CT molecular complexity index is 2710. The lowest BCUT2D eigenvalue weighted by atomic mass is 9.33. The smallest absolute Gasteiger partial charge is 0.317 e. The molecule has 6 heterocycles. The first-order chi connectivity index (χ1) is 45.1. The number of esters is 1. The molecule has 4 saturated carbocycles. The summed E-state index contributed by atoms with van der Waals surface area (Å²) in [6.07, 6.45) is -43.6. The molecule has 5 aliphatic carbocycles. The molecule has 0 spiro atoms. The number of carbonyl (C=O) groups excluding carboxylic acids is 1. The van der Waals surface area contributed by atoms with E-state index in [1.54, 1.807) is 0 Å². The van der Waals surface area contributed by atoms with Gasteiger partial charge in [-0.05, 0) is 97.7 Å². The van der Waals surface area contributed by atoms with Crippen LogP contribution in [0.3, 0.4) is 0 Å². The minimum atomic E-state index is -2.09. The monoisotopic (exact) mass is 1390 g/mol. The molecule has 0 aromatic rings. The van der Waals surface area contributed by atoms with E-state index in [0.717, 1.165) is 5.57 Å². The van der Waals surface area contributed by atoms with Crippen molar-refractivity contribution in [2.24, 2.45) is 50.2 Å². The minimum absolute atomic E-state index is 0.00569. The van der Waals surface area contributed by atoms with E-state index < -0.39 is 281 Å². The first-order valence-corrected chi connectivity index (χ1v) is 33.4. The van der Waals surface area contributed by atoms with E-state index in [2.05, 4.69) is 33.8 Å². The normalized spacial score (nSPS) is 54.0. The third-order valence-corrected chi connectivity index (χ3v) is 24.7. The molecule has 11 rings (SSSR count). The molecule has 0 bridgehead atoms. The topological polar surface area (TPSA) is 532 Å². The molecule has 6 aliphatic heterocycles. The molecule has 20 N–H and O–H groups in total. The summed E-state index contributed by atoms with van der Waals surface area (Å²) >= 11 is 0. The number of rotatable bonds is 17. The molecule has 0 aromatic heterocycles. The maximum absolute atomic E-state index is 15.6. The van der Waals surface area contributed by atoms with E-state index in [9.17, 15) is 102 Å². The Hall–Kier alpha value is -2.03. The van der Waals surface area contributed by atoms with E-state index in [4.69, 9.17) is 56.8 Å². The Morgan fingerprint density at radius 3 is 1.76 bits per heavy atom. The summed E-state index contributed by atoms with van der Waals surface area (Å²) in [6, 6.07) is 0. The highest BCUT2D eigenvalue weighted by Crippen LogP contribution is 2.76. The zero-order valence-corrected chi connectivity index (χ0v) is 54.5. The highest BCUT2D eigenvalue weighted by atomic mass is 16.8. The lowest BCUT2D eigenvalue weighted by Gasteiger charge is -2.72. The Kier molecular flexibility index (Phi) is 21.8. The molecule has 552 valence electrons. The first-order valence-electron chi connectivity index (χ1n) is 33.4. The quantitative estimate of drug-likeness (QED) is 0.0365. The van der Waals surface area contributed by atoms with Gasteiger partial charge in [0, 0.05) is 5.41 Å². The number of hydrogen-bond acceptors (Lipinski definition) is 33. The predicted octanol–water partition coefficient (Wildman–Crippen LogP) is -7.55. The van der Waals surface area contributed by atoms with E-state index in [-0.39, 0.29) is 25.2 Å². The van der Waals surface area contributed by atoms with Crippen molar-refractivity contribution in [2.45, 2.75) is 271 Å². The average molecular weight is 1390 g/mol. The van der Waals surface area contributed by atoms with Crippen molar-refractivity contribution in [3.8, 4) is 0 Å². The number of hydrogen-bond donors (Lipinski definition) is 20. The number of ether oxygens (including phenoxy) is 12. The molecule has 33 nitrogen and oxygen atoms in total. The van der Waals surface area contributed by atoms with Crippen LogP contribution in [0.25, 0.3) is 0 Å². The number of allylic oxidation sites excluding steroid dienone is 2. The minimum Gasteiger partial charge on any atom is -0.432 e. The van der Waals surface area contributed by atoms with Crippen LogP contribution >= 0.6 is 0 Å². The second-order valence-corrected chi connectivity index (χ2v) is 30.7. The summed E-state index contributed by atoms with van der Waals surface area (Å²) in [5.41, 5.74) is -7.41. The largest absolute Gasteiger partial charge is 0.432 e. The van der Waals surface area contributed by atoms with Gasteiger partial charge in [-0.3, -0.25) is 4.79 Å². The molecule has 0 aromatic carbocycles. The van der Waals surface area contributed by atoms with Gasteiger partial charge in [0.25, 0.3) is 0 Å². The fourth-order valence-corrected chi connectivity index (χ4v) is 18.9. The van der Waals surface area contributed by atoms with Gasteiger partial charge in [-0.25, -0.2) is 0 Å². The van der Waals surface area contributed by atoms with Crippen molar-refractivity contribution in [1.29, 1.82) is 0 Å². The van der Waals surface area contributed by atoms with Crippen LogP contribution in [0.5, 0.6) is 0 Å². The number of carbonyl (C=O) groups is 1. The molecule has 11 aliphatic rings. The van der Waals surface area contributed by atoms with E-state index in [1.807, 2.05) is 6.92 Å². The summed E-state index contributed by atoms with van der Waals surface area (Å²) in [5.74, 6) is -2.53. The highest BCUT2D eigenvalue weighted by Gasteiger charge is 2.74. The van der Waals surface area contributed by atoms with Crippen molar-refractivity contribution in [2.75, 3.05) is 52.9 Å². The SMILES string of the molecule is C[C@@H]1O[C@H](O[C@@H]2[C@@H](OC(=O)[C@@]34CCC(C)(C)C[C@H]3C3=CC[C@H]5[C@]6(C)C[C@H](O)[C@@H](O[C@H]7O[C@@H](CO)[C@H](O)[C@@H](O[C@H]8O[C@@H](CO)[C@H](O)[C@@H](O)[C@@H]8O)[C@@H]7O)C(CO)(CO)[C@@H]6CC[C@@]5(C)[C@@]3(C)C[C@H]4O)OC[C@H](O)[C@H]2O)[C@@H](O)[C@H](O)[C@H]1O[C@H]1OC[C@H](O)[C@@H](O[C@H]2OC[C@@](O)(CO)[C@@H]2O)[C@@H]1O. The van der Waals surface area contributed by atoms with Crippen LogP contribution in [0.15, 0.2) is 11.6 Å². The fourth-order valence-electron chi connectivity index (χ4n) is 18.9. The molecular weight excluding hydrogens is 1280 g/mol. The average Bonchev–Trinajstić information content (AvgIpc) is 0.691. The number of aliphatic hydroxyl groups excluding tert-OH is 19. The third-order valence-electron chi connectivity index (χ3n) is 24.7. The van der Waals surface area contributed by atoms with Gasteiger partial charge in [0.2, 0.25) is 6.29 Å².